The fourth-order valence-electron chi connectivity index (χ4n) is 4.83. The average Bonchev–Trinajstić information content (AvgIpc) is 3.20. The number of hydrogen-bond acceptors (Lipinski definition) is 5. The van der Waals surface area contributed by atoms with Crippen LogP contribution in [-0.2, 0) is 20.5 Å². The zero-order valence-corrected chi connectivity index (χ0v) is 22.1. The maximum atomic E-state index is 12.8. The first-order valence-electron chi connectivity index (χ1n) is 12.6. The SMILES string of the molecule is COCCCC[C@@](O)(c1cccc2cc(C(C)(C)C)oc12)C1CCCN(C(=O)OC(C)(C)C)C1. The fourth-order valence-corrected chi connectivity index (χ4v) is 4.83. The number of para-hydroxylation sites is 1. The van der Waals surface area contributed by atoms with Crippen molar-refractivity contribution >= 4 is 17.1 Å². The Morgan fingerprint density at radius 3 is 2.56 bits per heavy atom. The summed E-state index contributed by atoms with van der Waals surface area (Å²) >= 11 is 0. The molecule has 0 aliphatic carbocycles. The molecule has 1 unspecified atom stereocenters. The van der Waals surface area contributed by atoms with Crippen molar-refractivity contribution in [2.45, 2.75) is 90.3 Å². The normalized spacial score (nSPS) is 19.3. The highest BCUT2D eigenvalue weighted by Crippen LogP contribution is 2.44. The zero-order valence-electron chi connectivity index (χ0n) is 22.1. The standard InChI is InChI=1S/C28H43NO5/c1-26(2,3)23-18-20-12-10-14-22(24(20)33-23)28(31,15-8-9-17-32-7)21-13-11-16-29(19-21)25(30)34-27(4,5)6/h10,12,14,18,21,31H,8-9,11,13,15-17,19H2,1-7H3/t21?,28-/m0/s1. The van der Waals surface area contributed by atoms with Crippen LogP contribution in [0.3, 0.4) is 0 Å². The highest BCUT2D eigenvalue weighted by Gasteiger charge is 2.43. The molecule has 1 aliphatic heterocycles. The lowest BCUT2D eigenvalue weighted by Crippen LogP contribution is -2.49. The predicted molar refractivity (Wildman–Crippen MR) is 135 cm³/mol. The Morgan fingerprint density at radius 2 is 1.91 bits per heavy atom. The second-order valence-corrected chi connectivity index (χ2v) is 11.7. The van der Waals surface area contributed by atoms with Crippen molar-refractivity contribution in [2.24, 2.45) is 5.92 Å². The maximum absolute atomic E-state index is 12.8. The Balaban J connectivity index is 1.98. The van der Waals surface area contributed by atoms with E-state index in [4.69, 9.17) is 13.9 Å². The summed E-state index contributed by atoms with van der Waals surface area (Å²) in [4.78, 5) is 14.6. The number of likely N-dealkylation sites (tertiary alicyclic amines) is 1. The summed E-state index contributed by atoms with van der Waals surface area (Å²) in [5.74, 6) is 0.779. The highest BCUT2D eigenvalue weighted by atomic mass is 16.6. The molecule has 1 aromatic carbocycles. The molecule has 1 fully saturated rings. The first kappa shape index (κ1) is 26.6. The maximum Gasteiger partial charge on any atom is 0.410 e. The highest BCUT2D eigenvalue weighted by molar-refractivity contribution is 5.82. The summed E-state index contributed by atoms with van der Waals surface area (Å²) in [6.45, 7) is 13.8. The van der Waals surface area contributed by atoms with E-state index >= 15 is 0 Å². The second kappa shape index (κ2) is 10.3. The van der Waals surface area contributed by atoms with Crippen LogP contribution in [0.4, 0.5) is 4.79 Å². The third-order valence-corrected chi connectivity index (χ3v) is 6.65. The number of fused-ring (bicyclic) bond motifs is 1. The number of carbonyl (C=O) groups excluding carboxylic acids is 1. The van der Waals surface area contributed by atoms with E-state index in [1.807, 2.05) is 39.0 Å². The van der Waals surface area contributed by atoms with Gasteiger partial charge in [0.05, 0.1) is 5.60 Å². The molecular formula is C28H43NO5. The van der Waals surface area contributed by atoms with E-state index in [1.54, 1.807) is 12.0 Å². The molecule has 34 heavy (non-hydrogen) atoms. The number of hydrogen-bond donors (Lipinski definition) is 1. The number of nitrogens with zero attached hydrogens (tertiary/aromatic N) is 1. The smallest absolute Gasteiger partial charge is 0.410 e. The number of ether oxygens (including phenoxy) is 2. The van der Waals surface area contributed by atoms with Gasteiger partial charge in [-0.3, -0.25) is 0 Å². The molecule has 1 aromatic heterocycles. The number of furan rings is 1. The Morgan fingerprint density at radius 1 is 1.18 bits per heavy atom. The lowest BCUT2D eigenvalue weighted by molar-refractivity contribution is -0.0637. The van der Waals surface area contributed by atoms with Gasteiger partial charge in [-0.05, 0) is 58.9 Å². The van der Waals surface area contributed by atoms with Gasteiger partial charge in [0, 0.05) is 49.1 Å². The quantitative estimate of drug-likeness (QED) is 0.472. The number of piperidine rings is 1. The molecule has 3 rings (SSSR count). The molecule has 0 spiro atoms. The van der Waals surface area contributed by atoms with Gasteiger partial charge in [0.15, 0.2) is 0 Å². The van der Waals surface area contributed by atoms with Gasteiger partial charge in [0.2, 0.25) is 0 Å². The second-order valence-electron chi connectivity index (χ2n) is 11.7. The van der Waals surface area contributed by atoms with E-state index in [0.29, 0.717) is 26.1 Å². The van der Waals surface area contributed by atoms with Crippen LogP contribution in [-0.4, -0.2) is 48.5 Å². The van der Waals surface area contributed by atoms with E-state index in [-0.39, 0.29) is 17.4 Å². The van der Waals surface area contributed by atoms with E-state index in [2.05, 4.69) is 26.8 Å². The van der Waals surface area contributed by atoms with E-state index in [0.717, 1.165) is 48.0 Å². The molecule has 6 heteroatoms. The number of unbranched alkanes of at least 4 members (excludes halogenated alkanes) is 1. The van der Waals surface area contributed by atoms with Crippen LogP contribution in [0.5, 0.6) is 0 Å². The molecule has 0 radical (unpaired) electrons. The van der Waals surface area contributed by atoms with Crippen molar-refractivity contribution in [3.8, 4) is 0 Å². The van der Waals surface area contributed by atoms with Gasteiger partial charge < -0.3 is 23.9 Å². The molecule has 0 saturated carbocycles. The Bertz CT molecular complexity index is 967. The molecule has 190 valence electrons. The van der Waals surface area contributed by atoms with Crippen molar-refractivity contribution in [1.29, 1.82) is 0 Å². The van der Waals surface area contributed by atoms with Crippen LogP contribution >= 0.6 is 0 Å². The topological polar surface area (TPSA) is 72.1 Å². The first-order chi connectivity index (χ1) is 15.8. The van der Waals surface area contributed by atoms with Crippen LogP contribution in [0.25, 0.3) is 11.0 Å². The number of carbonyl (C=O) groups is 1. The molecule has 1 amide bonds. The van der Waals surface area contributed by atoms with Crippen LogP contribution in [0.2, 0.25) is 0 Å². The summed E-state index contributed by atoms with van der Waals surface area (Å²) in [6, 6.07) is 8.10. The van der Waals surface area contributed by atoms with Crippen LogP contribution < -0.4 is 0 Å². The molecule has 2 aromatic rings. The molecule has 6 nitrogen and oxygen atoms in total. The van der Waals surface area contributed by atoms with Crippen LogP contribution in [0, 0.1) is 5.92 Å². The van der Waals surface area contributed by atoms with E-state index < -0.39 is 11.2 Å². The monoisotopic (exact) mass is 473 g/mol. The number of methoxy groups -OCH3 is 1. The predicted octanol–water partition coefficient (Wildman–Crippen LogP) is 6.38. The lowest BCUT2D eigenvalue weighted by Gasteiger charge is -2.43. The molecule has 0 bridgehead atoms. The largest absolute Gasteiger partial charge is 0.460 e. The molecule has 1 N–H and O–H groups in total. The third-order valence-electron chi connectivity index (χ3n) is 6.65. The Labute approximate surface area is 204 Å². The Kier molecular flexibility index (Phi) is 8.03. The van der Waals surface area contributed by atoms with E-state index in [1.165, 1.54) is 0 Å². The van der Waals surface area contributed by atoms with Crippen molar-refractivity contribution < 1.29 is 23.8 Å². The summed E-state index contributed by atoms with van der Waals surface area (Å²) in [5, 5.41) is 13.4. The van der Waals surface area contributed by atoms with Crippen molar-refractivity contribution in [2.75, 3.05) is 26.8 Å². The van der Waals surface area contributed by atoms with Gasteiger partial charge in [-0.1, -0.05) is 39.0 Å². The van der Waals surface area contributed by atoms with E-state index in [9.17, 15) is 9.90 Å². The molecule has 2 atom stereocenters. The number of benzene rings is 1. The summed E-state index contributed by atoms with van der Waals surface area (Å²) in [5.41, 5.74) is -0.250. The van der Waals surface area contributed by atoms with Gasteiger partial charge >= 0.3 is 6.09 Å². The lowest BCUT2D eigenvalue weighted by atomic mass is 9.73. The average molecular weight is 474 g/mol. The van der Waals surface area contributed by atoms with Gasteiger partial charge in [0.25, 0.3) is 0 Å². The summed E-state index contributed by atoms with van der Waals surface area (Å²) in [7, 11) is 1.70. The third kappa shape index (κ3) is 6.14. The van der Waals surface area contributed by atoms with Crippen molar-refractivity contribution in [3.63, 3.8) is 0 Å². The summed E-state index contributed by atoms with van der Waals surface area (Å²) in [6.07, 6.45) is 3.60. The minimum Gasteiger partial charge on any atom is -0.460 e. The van der Waals surface area contributed by atoms with Crippen LogP contribution in [0.15, 0.2) is 28.7 Å². The molecule has 1 aliphatic rings. The molecular weight excluding hydrogens is 430 g/mol. The number of amides is 1. The van der Waals surface area contributed by atoms with Crippen LogP contribution in [0.1, 0.15) is 85.0 Å². The zero-order chi connectivity index (χ0) is 25.1. The minimum atomic E-state index is -1.12. The van der Waals surface area contributed by atoms with Gasteiger partial charge in [-0.15, -0.1) is 0 Å². The molecule has 1 saturated heterocycles. The fraction of sp³-hybridized carbons (Fsp3) is 0.679. The van der Waals surface area contributed by atoms with Gasteiger partial charge in [-0.25, -0.2) is 4.79 Å². The van der Waals surface area contributed by atoms with Crippen molar-refractivity contribution in [3.05, 3.63) is 35.6 Å². The number of aliphatic hydroxyl groups is 1. The molecule has 2 heterocycles. The minimum absolute atomic E-state index is 0.120. The van der Waals surface area contributed by atoms with Gasteiger partial charge in [-0.2, -0.15) is 0 Å². The van der Waals surface area contributed by atoms with Crippen molar-refractivity contribution in [1.82, 2.24) is 4.90 Å². The summed E-state index contributed by atoms with van der Waals surface area (Å²) < 4.78 is 17.3. The Hall–Kier alpha value is -2.05. The number of rotatable bonds is 7. The van der Waals surface area contributed by atoms with Gasteiger partial charge in [0.1, 0.15) is 16.9 Å². The first-order valence-corrected chi connectivity index (χ1v) is 12.6.